The normalized spacial score (nSPS) is 8.71. The minimum absolute atomic E-state index is 0.294. The second-order valence-electron chi connectivity index (χ2n) is 2.72. The number of nitrogen functional groups attached to an aromatic ring is 1. The summed E-state index contributed by atoms with van der Waals surface area (Å²) in [6.07, 6.45) is 0.776. The zero-order valence-electron chi connectivity index (χ0n) is 8.32. The average molecular weight is 197 g/mol. The van der Waals surface area contributed by atoms with Gasteiger partial charge in [0.2, 0.25) is 0 Å². The van der Waals surface area contributed by atoms with Crippen LogP contribution in [0.25, 0.3) is 0 Å². The highest BCUT2D eigenvalue weighted by Crippen LogP contribution is 2.22. The van der Waals surface area contributed by atoms with Gasteiger partial charge in [-0.05, 0) is 18.6 Å². The molecule has 4 heteroatoms. The third kappa shape index (κ3) is 4.35. The Kier molecular flexibility index (Phi) is 5.14. The maximum absolute atomic E-state index is 9.21. The highest BCUT2D eigenvalue weighted by Gasteiger charge is 1.99. The first-order valence-electron chi connectivity index (χ1n) is 4.24. The van der Waals surface area contributed by atoms with Gasteiger partial charge in [0.05, 0.1) is 0 Å². The van der Waals surface area contributed by atoms with Crippen molar-refractivity contribution in [3.63, 3.8) is 0 Å². The van der Waals surface area contributed by atoms with Gasteiger partial charge in [0.15, 0.2) is 0 Å². The molecule has 1 rings (SSSR count). The van der Waals surface area contributed by atoms with Gasteiger partial charge in [-0.25, -0.2) is 0 Å². The maximum atomic E-state index is 9.21. The molecule has 0 saturated carbocycles. The Balaban J connectivity index is 0.000000364. The standard InChI is InChI=1S/C8H11NO.C2H4O2/c1-2-6-7(9)4-3-5-8(6)10;1-2(3)4/h3-5,10H,2,9H2,1H3;1H3,(H,3,4). The van der Waals surface area contributed by atoms with Crippen LogP contribution >= 0.6 is 0 Å². The van der Waals surface area contributed by atoms with Crippen molar-refractivity contribution in [2.45, 2.75) is 20.3 Å². The second kappa shape index (κ2) is 5.85. The molecule has 0 aliphatic carbocycles. The van der Waals surface area contributed by atoms with Crippen LogP contribution in [0.5, 0.6) is 5.75 Å². The van der Waals surface area contributed by atoms with E-state index in [0.717, 1.165) is 18.9 Å². The third-order valence-corrected chi connectivity index (χ3v) is 1.54. The van der Waals surface area contributed by atoms with E-state index in [-0.39, 0.29) is 0 Å². The van der Waals surface area contributed by atoms with Gasteiger partial charge in [0.1, 0.15) is 5.75 Å². The monoisotopic (exact) mass is 197 g/mol. The molecule has 1 aromatic rings. The lowest BCUT2D eigenvalue weighted by atomic mass is 10.1. The largest absolute Gasteiger partial charge is 0.508 e. The lowest BCUT2D eigenvalue weighted by molar-refractivity contribution is -0.134. The van der Waals surface area contributed by atoms with Crippen LogP contribution in [0.15, 0.2) is 18.2 Å². The van der Waals surface area contributed by atoms with Crippen molar-refractivity contribution in [2.24, 2.45) is 0 Å². The third-order valence-electron chi connectivity index (χ3n) is 1.54. The maximum Gasteiger partial charge on any atom is 0.300 e. The number of nitrogens with two attached hydrogens (primary N) is 1. The van der Waals surface area contributed by atoms with Crippen molar-refractivity contribution < 1.29 is 15.0 Å². The van der Waals surface area contributed by atoms with Crippen molar-refractivity contribution in [3.05, 3.63) is 23.8 Å². The SMILES string of the molecule is CC(=O)O.CCc1c(N)cccc1O. The minimum atomic E-state index is -0.833. The Hall–Kier alpha value is -1.71. The van der Waals surface area contributed by atoms with Crippen molar-refractivity contribution in [1.82, 2.24) is 0 Å². The van der Waals surface area contributed by atoms with Gasteiger partial charge in [-0.1, -0.05) is 13.0 Å². The highest BCUT2D eigenvalue weighted by molar-refractivity contribution is 5.62. The Bertz CT molecular complexity index is 286. The zero-order chi connectivity index (χ0) is 11.1. The van der Waals surface area contributed by atoms with Crippen LogP contribution in [0.1, 0.15) is 19.4 Å². The Labute approximate surface area is 83.0 Å². The molecule has 0 bridgehead atoms. The van der Waals surface area contributed by atoms with E-state index in [9.17, 15) is 5.11 Å². The molecule has 0 aromatic heterocycles. The van der Waals surface area contributed by atoms with Crippen molar-refractivity contribution in [2.75, 3.05) is 5.73 Å². The van der Waals surface area contributed by atoms with Crippen LogP contribution in [0.2, 0.25) is 0 Å². The minimum Gasteiger partial charge on any atom is -0.508 e. The summed E-state index contributed by atoms with van der Waals surface area (Å²) in [6.45, 7) is 3.05. The highest BCUT2D eigenvalue weighted by atomic mass is 16.4. The molecule has 4 nitrogen and oxygen atoms in total. The van der Waals surface area contributed by atoms with Crippen molar-refractivity contribution >= 4 is 11.7 Å². The molecule has 0 spiro atoms. The van der Waals surface area contributed by atoms with Crippen LogP contribution in [0.3, 0.4) is 0 Å². The summed E-state index contributed by atoms with van der Waals surface area (Å²) < 4.78 is 0. The second-order valence-corrected chi connectivity index (χ2v) is 2.72. The first kappa shape index (κ1) is 12.3. The number of hydrogen-bond donors (Lipinski definition) is 3. The van der Waals surface area contributed by atoms with Gasteiger partial charge in [0.25, 0.3) is 5.97 Å². The van der Waals surface area contributed by atoms with Crippen molar-refractivity contribution in [1.29, 1.82) is 0 Å². The first-order valence-corrected chi connectivity index (χ1v) is 4.24. The van der Waals surface area contributed by atoms with Gasteiger partial charge >= 0.3 is 0 Å². The number of aliphatic carboxylic acids is 1. The van der Waals surface area contributed by atoms with Gasteiger partial charge in [-0.3, -0.25) is 4.79 Å². The van der Waals surface area contributed by atoms with Crippen LogP contribution in [0, 0.1) is 0 Å². The fourth-order valence-electron chi connectivity index (χ4n) is 0.977. The van der Waals surface area contributed by atoms with Crippen LogP contribution < -0.4 is 5.73 Å². The van der Waals surface area contributed by atoms with Gasteiger partial charge < -0.3 is 15.9 Å². The summed E-state index contributed by atoms with van der Waals surface area (Å²) in [7, 11) is 0. The number of benzene rings is 1. The molecule has 4 N–H and O–H groups in total. The predicted molar refractivity (Wildman–Crippen MR) is 55.2 cm³/mol. The molecule has 14 heavy (non-hydrogen) atoms. The van der Waals surface area contributed by atoms with E-state index >= 15 is 0 Å². The van der Waals surface area contributed by atoms with Crippen LogP contribution in [0.4, 0.5) is 5.69 Å². The summed E-state index contributed by atoms with van der Waals surface area (Å²) >= 11 is 0. The molecule has 0 atom stereocenters. The van der Waals surface area contributed by atoms with E-state index in [1.807, 2.05) is 6.92 Å². The lowest BCUT2D eigenvalue weighted by Crippen LogP contribution is -1.91. The van der Waals surface area contributed by atoms with Crippen LogP contribution in [-0.4, -0.2) is 16.2 Å². The summed E-state index contributed by atoms with van der Waals surface area (Å²) in [5.74, 6) is -0.539. The number of anilines is 1. The van der Waals surface area contributed by atoms with E-state index in [0.29, 0.717) is 11.4 Å². The molecule has 78 valence electrons. The van der Waals surface area contributed by atoms with Gasteiger partial charge in [-0.15, -0.1) is 0 Å². The molecule has 0 fully saturated rings. The Morgan fingerprint density at radius 3 is 2.29 bits per heavy atom. The molecular weight excluding hydrogens is 182 g/mol. The Morgan fingerprint density at radius 2 is 2.00 bits per heavy atom. The van der Waals surface area contributed by atoms with Gasteiger partial charge in [-0.2, -0.15) is 0 Å². The fraction of sp³-hybridized carbons (Fsp3) is 0.300. The molecular formula is C10H15NO3. The summed E-state index contributed by atoms with van der Waals surface area (Å²) in [6, 6.07) is 5.18. The number of aromatic hydroxyl groups is 1. The van der Waals surface area contributed by atoms with Crippen molar-refractivity contribution in [3.8, 4) is 5.75 Å². The smallest absolute Gasteiger partial charge is 0.300 e. The molecule has 0 amide bonds. The lowest BCUT2D eigenvalue weighted by Gasteiger charge is -2.03. The summed E-state index contributed by atoms with van der Waals surface area (Å²) in [5.41, 5.74) is 7.08. The molecule has 0 unspecified atom stereocenters. The van der Waals surface area contributed by atoms with E-state index in [1.165, 1.54) is 0 Å². The number of hydrogen-bond acceptors (Lipinski definition) is 3. The van der Waals surface area contributed by atoms with E-state index in [2.05, 4.69) is 0 Å². The van der Waals surface area contributed by atoms with Gasteiger partial charge in [0, 0.05) is 18.2 Å². The molecule has 0 heterocycles. The summed E-state index contributed by atoms with van der Waals surface area (Å²) in [4.78, 5) is 9.00. The topological polar surface area (TPSA) is 83.5 Å². The number of carboxylic acids is 1. The van der Waals surface area contributed by atoms with E-state index in [1.54, 1.807) is 18.2 Å². The quantitative estimate of drug-likeness (QED) is 0.597. The molecule has 0 saturated heterocycles. The van der Waals surface area contributed by atoms with E-state index in [4.69, 9.17) is 15.6 Å². The average Bonchev–Trinajstić information content (AvgIpc) is 2.03. The number of phenols is 1. The molecule has 1 aromatic carbocycles. The number of carbonyl (C=O) groups is 1. The zero-order valence-corrected chi connectivity index (χ0v) is 8.32. The number of rotatable bonds is 1. The number of carboxylic acid groups (broad SMARTS) is 1. The molecule has 0 aliphatic heterocycles. The van der Waals surface area contributed by atoms with Crippen LogP contribution in [-0.2, 0) is 11.2 Å². The summed E-state index contributed by atoms with van der Waals surface area (Å²) in [5, 5.41) is 16.6. The molecule has 0 aliphatic rings. The number of phenolic OH excluding ortho intramolecular Hbond substituents is 1. The van der Waals surface area contributed by atoms with E-state index < -0.39 is 5.97 Å². The Morgan fingerprint density at radius 1 is 1.50 bits per heavy atom. The first-order chi connectivity index (χ1) is 6.49. The molecule has 0 radical (unpaired) electrons. The fourth-order valence-corrected chi connectivity index (χ4v) is 0.977. The predicted octanol–water partition coefficient (Wildman–Crippen LogP) is 1.63.